The summed E-state index contributed by atoms with van der Waals surface area (Å²) in [6, 6.07) is 33.6. The van der Waals surface area contributed by atoms with Gasteiger partial charge in [-0.3, -0.25) is 14.4 Å². The van der Waals surface area contributed by atoms with Gasteiger partial charge in [-0.25, -0.2) is 4.39 Å². The van der Waals surface area contributed by atoms with Crippen LogP contribution in [0.3, 0.4) is 0 Å². The number of carbonyl (C=O) groups excluding carboxylic acids is 2. The summed E-state index contributed by atoms with van der Waals surface area (Å²) in [5.74, 6) is -1.68. The van der Waals surface area contributed by atoms with Crippen molar-refractivity contribution in [2.75, 3.05) is 19.0 Å². The molecule has 256 valence electrons. The number of aromatic nitrogens is 2. The van der Waals surface area contributed by atoms with E-state index in [-0.39, 0.29) is 29.8 Å². The van der Waals surface area contributed by atoms with Crippen LogP contribution in [0.4, 0.5) is 10.1 Å². The third kappa shape index (κ3) is 8.34. The number of nitrogens with one attached hydrogen (secondary N) is 1. The van der Waals surface area contributed by atoms with Crippen LogP contribution in [0.1, 0.15) is 27.0 Å². The van der Waals surface area contributed by atoms with E-state index < -0.39 is 30.1 Å². The topological polar surface area (TPSA) is 135 Å². The number of carboxylic acids is 1. The molecule has 0 radical (unpaired) electrons. The van der Waals surface area contributed by atoms with Crippen molar-refractivity contribution >= 4 is 23.5 Å². The number of halogens is 1. The molecule has 0 fully saturated rings. The Balaban J connectivity index is 1.09. The van der Waals surface area contributed by atoms with Crippen molar-refractivity contribution in [3.63, 3.8) is 0 Å². The molecular formula is C40H33FN4O6. The largest absolute Gasteiger partial charge is 0.496 e. The number of methoxy groups -OCH3 is 1. The number of anilines is 1. The fraction of sp³-hybridized carbons (Fsp3) is 0.125. The van der Waals surface area contributed by atoms with E-state index in [2.05, 4.69) is 46.6 Å². The second kappa shape index (κ2) is 15.3. The summed E-state index contributed by atoms with van der Waals surface area (Å²) in [7, 11) is 1.40. The van der Waals surface area contributed by atoms with E-state index >= 15 is 0 Å². The molecule has 0 aliphatic rings. The monoisotopic (exact) mass is 684 g/mol. The maximum atomic E-state index is 14.3. The number of aliphatic carboxylic acids is 1. The zero-order valence-corrected chi connectivity index (χ0v) is 27.8. The molecule has 0 aliphatic carbocycles. The minimum atomic E-state index is -1.17. The number of ether oxygens (including phenoxy) is 1. The molecule has 1 aromatic heterocycles. The van der Waals surface area contributed by atoms with Crippen LogP contribution in [0.15, 0.2) is 120 Å². The molecule has 0 aliphatic heterocycles. The van der Waals surface area contributed by atoms with Gasteiger partial charge in [-0.05, 0) is 72.1 Å². The Labute approximate surface area is 293 Å². The van der Waals surface area contributed by atoms with Crippen molar-refractivity contribution in [1.29, 1.82) is 0 Å². The maximum absolute atomic E-state index is 14.3. The first-order chi connectivity index (χ1) is 24.7. The molecule has 11 heteroatoms. The molecule has 0 atom stereocenters. The van der Waals surface area contributed by atoms with Gasteiger partial charge >= 0.3 is 5.97 Å². The molecule has 2 N–H and O–H groups in total. The molecule has 6 rings (SSSR count). The van der Waals surface area contributed by atoms with Gasteiger partial charge in [-0.1, -0.05) is 77.5 Å². The summed E-state index contributed by atoms with van der Waals surface area (Å²) in [5.41, 5.74) is 6.28. The number of hydrogen-bond donors (Lipinski definition) is 2. The molecular weight excluding hydrogens is 651 g/mol. The summed E-state index contributed by atoms with van der Waals surface area (Å²) in [4.78, 5) is 43.5. The summed E-state index contributed by atoms with van der Waals surface area (Å²) in [6.45, 7) is 1.55. The van der Waals surface area contributed by atoms with Crippen LogP contribution in [-0.4, -0.2) is 51.6 Å². The molecule has 0 bridgehead atoms. The van der Waals surface area contributed by atoms with Crippen molar-refractivity contribution in [1.82, 2.24) is 15.0 Å². The molecule has 0 saturated heterocycles. The Morgan fingerprint density at radius 3 is 2.10 bits per heavy atom. The lowest BCUT2D eigenvalue weighted by atomic mass is 10.0. The second-order valence-corrected chi connectivity index (χ2v) is 11.8. The highest BCUT2D eigenvalue weighted by Crippen LogP contribution is 2.27. The average molecular weight is 685 g/mol. The first-order valence-corrected chi connectivity index (χ1v) is 16.0. The Kier molecular flexibility index (Phi) is 10.3. The van der Waals surface area contributed by atoms with E-state index in [1.165, 1.54) is 54.0 Å². The number of carboxylic acid groups (broad SMARTS) is 1. The molecule has 5 aromatic carbocycles. The predicted octanol–water partition coefficient (Wildman–Crippen LogP) is 7.43. The van der Waals surface area contributed by atoms with Crippen LogP contribution < -0.4 is 10.1 Å². The Hall–Kier alpha value is -6.62. The molecule has 0 spiro atoms. The third-order valence-electron chi connectivity index (χ3n) is 8.19. The summed E-state index contributed by atoms with van der Waals surface area (Å²) < 4.78 is 25.0. The van der Waals surface area contributed by atoms with Crippen molar-refractivity contribution in [2.24, 2.45) is 0 Å². The quantitative estimate of drug-likeness (QED) is 0.136. The Morgan fingerprint density at radius 1 is 0.824 bits per heavy atom. The number of rotatable bonds is 12. The smallest absolute Gasteiger partial charge is 0.323 e. The normalized spacial score (nSPS) is 10.8. The Morgan fingerprint density at radius 2 is 1.45 bits per heavy atom. The number of benzene rings is 5. The Bertz CT molecular complexity index is 2160. The minimum absolute atomic E-state index is 0.0270. The molecule has 10 nitrogen and oxygen atoms in total. The van der Waals surface area contributed by atoms with E-state index in [1.54, 1.807) is 30.3 Å². The van der Waals surface area contributed by atoms with Gasteiger partial charge in [0.1, 0.15) is 18.1 Å². The van der Waals surface area contributed by atoms with Crippen LogP contribution in [0, 0.1) is 12.7 Å². The van der Waals surface area contributed by atoms with E-state index in [1.807, 2.05) is 24.3 Å². The van der Waals surface area contributed by atoms with Crippen molar-refractivity contribution in [3.05, 3.63) is 143 Å². The number of carbonyl (C=O) groups is 3. The van der Waals surface area contributed by atoms with Gasteiger partial charge in [0.25, 0.3) is 11.8 Å². The van der Waals surface area contributed by atoms with Gasteiger partial charge in [0.05, 0.1) is 13.5 Å². The molecule has 1 heterocycles. The summed E-state index contributed by atoms with van der Waals surface area (Å²) >= 11 is 0. The fourth-order valence-electron chi connectivity index (χ4n) is 5.50. The first-order valence-electron chi connectivity index (χ1n) is 16.0. The molecule has 0 saturated carbocycles. The summed E-state index contributed by atoms with van der Waals surface area (Å²) in [6.07, 6.45) is -0.252. The number of hydrogen-bond acceptors (Lipinski definition) is 7. The number of nitrogens with zero attached hydrogens (tertiary/aromatic N) is 3. The van der Waals surface area contributed by atoms with E-state index in [0.29, 0.717) is 28.5 Å². The first kappa shape index (κ1) is 34.3. The summed E-state index contributed by atoms with van der Waals surface area (Å²) in [5, 5.41) is 16.4. The second-order valence-electron chi connectivity index (χ2n) is 11.8. The highest BCUT2D eigenvalue weighted by molar-refractivity contribution is 5.97. The van der Waals surface area contributed by atoms with Gasteiger partial charge in [-0.2, -0.15) is 4.98 Å². The van der Waals surface area contributed by atoms with E-state index in [4.69, 9.17) is 9.26 Å². The van der Waals surface area contributed by atoms with Gasteiger partial charge in [-0.15, -0.1) is 0 Å². The predicted molar refractivity (Wildman–Crippen MR) is 189 cm³/mol. The van der Waals surface area contributed by atoms with Crippen molar-refractivity contribution < 1.29 is 33.1 Å². The lowest BCUT2D eigenvalue weighted by Gasteiger charge is -2.21. The zero-order chi connectivity index (χ0) is 35.9. The van der Waals surface area contributed by atoms with Crippen LogP contribution in [0.5, 0.6) is 5.75 Å². The fourth-order valence-corrected chi connectivity index (χ4v) is 5.50. The number of amides is 2. The minimum Gasteiger partial charge on any atom is -0.496 e. The van der Waals surface area contributed by atoms with Crippen LogP contribution in [-0.2, 0) is 22.6 Å². The van der Waals surface area contributed by atoms with Crippen molar-refractivity contribution in [3.8, 4) is 39.7 Å². The standard InChI is InChI=1S/C40H33FN4O6/c1-25-6-10-27(11-7-25)28-14-16-30(17-15-28)39-43-38(44-51-39)29-12-8-26(9-13-29)23-45(24-37(47)48)40(49)31-18-20-32(21-19-31)42-36(46)22-33-34(41)4-3-5-35(33)50-2/h3-21H,22-24H2,1-2H3,(H,42,46)(H,47,48). The van der Waals surface area contributed by atoms with E-state index in [0.717, 1.165) is 16.7 Å². The zero-order valence-electron chi connectivity index (χ0n) is 27.8. The van der Waals surface area contributed by atoms with Gasteiger partial charge in [0.2, 0.25) is 11.7 Å². The lowest BCUT2D eigenvalue weighted by Crippen LogP contribution is -2.35. The average Bonchev–Trinajstić information content (AvgIpc) is 3.63. The van der Waals surface area contributed by atoms with Crippen LogP contribution >= 0.6 is 0 Å². The van der Waals surface area contributed by atoms with Crippen LogP contribution in [0.2, 0.25) is 0 Å². The van der Waals surface area contributed by atoms with Gasteiger partial charge in [0, 0.05) is 34.5 Å². The SMILES string of the molecule is COc1cccc(F)c1CC(=O)Nc1ccc(C(=O)N(CC(=O)O)Cc2ccc(-c3noc(-c4ccc(-c5ccc(C)cc5)cc4)n3)cc2)cc1. The highest BCUT2D eigenvalue weighted by atomic mass is 19.1. The van der Waals surface area contributed by atoms with E-state index in [9.17, 15) is 23.9 Å². The lowest BCUT2D eigenvalue weighted by molar-refractivity contribution is -0.137. The van der Waals surface area contributed by atoms with Gasteiger partial charge < -0.3 is 24.6 Å². The van der Waals surface area contributed by atoms with Crippen LogP contribution in [0.25, 0.3) is 34.0 Å². The molecule has 51 heavy (non-hydrogen) atoms. The number of aryl methyl sites for hydroxylation is 1. The maximum Gasteiger partial charge on any atom is 0.323 e. The van der Waals surface area contributed by atoms with Gasteiger partial charge in [0.15, 0.2) is 0 Å². The molecule has 6 aromatic rings. The highest BCUT2D eigenvalue weighted by Gasteiger charge is 2.20. The third-order valence-corrected chi connectivity index (χ3v) is 8.19. The van der Waals surface area contributed by atoms with Crippen molar-refractivity contribution in [2.45, 2.75) is 19.9 Å². The molecule has 0 unspecified atom stereocenters. The molecule has 2 amide bonds.